The van der Waals surface area contributed by atoms with E-state index < -0.39 is 24.0 Å². The summed E-state index contributed by atoms with van der Waals surface area (Å²) in [6.45, 7) is 0.413. The molecule has 9 nitrogen and oxygen atoms in total. The number of nitrogens with two attached hydrogens (primary N) is 2. The van der Waals surface area contributed by atoms with E-state index in [0.29, 0.717) is 24.1 Å². The van der Waals surface area contributed by atoms with Crippen LogP contribution in [0.15, 0.2) is 12.7 Å². The van der Waals surface area contributed by atoms with Crippen LogP contribution in [0.25, 0.3) is 11.2 Å². The Hall–Kier alpha value is -1.81. The fourth-order valence-electron chi connectivity index (χ4n) is 3.20. The maximum atomic E-state index is 10.3. The van der Waals surface area contributed by atoms with E-state index in [9.17, 15) is 10.2 Å². The molecule has 2 aliphatic rings. The number of aromatic nitrogens is 4. The molecule has 2 aromatic heterocycles. The summed E-state index contributed by atoms with van der Waals surface area (Å²) in [6.07, 6.45) is 0.624. The molecule has 5 atom stereocenters. The first-order valence-corrected chi connectivity index (χ1v) is 6.75. The van der Waals surface area contributed by atoms with Crippen LogP contribution in [-0.4, -0.2) is 54.1 Å². The molecule has 2 aromatic rings. The van der Waals surface area contributed by atoms with Crippen molar-refractivity contribution >= 4 is 17.0 Å². The quantitative estimate of drug-likeness (QED) is 0.516. The van der Waals surface area contributed by atoms with Crippen molar-refractivity contribution in [3.05, 3.63) is 12.7 Å². The zero-order valence-electron chi connectivity index (χ0n) is 11.1. The SMILES string of the molecule is NC[C@H]1C[C@]12O[C@@H](n1cnc3c(N)ncnc31)C(O)[C@H]2O. The molecule has 1 saturated heterocycles. The molecule has 9 heteroatoms. The highest BCUT2D eigenvalue weighted by molar-refractivity contribution is 5.81. The average Bonchev–Trinajstić information content (AvgIpc) is 2.94. The number of fused-ring (bicyclic) bond motifs is 1. The number of nitrogens with zero attached hydrogens (tertiary/aromatic N) is 4. The molecule has 1 aliphatic heterocycles. The van der Waals surface area contributed by atoms with Gasteiger partial charge in [0.25, 0.3) is 0 Å². The monoisotopic (exact) mass is 292 g/mol. The third-order valence-electron chi connectivity index (χ3n) is 4.50. The Kier molecular flexibility index (Phi) is 2.52. The van der Waals surface area contributed by atoms with E-state index in [4.69, 9.17) is 16.2 Å². The molecule has 1 unspecified atom stereocenters. The number of aliphatic hydroxyl groups is 2. The Labute approximate surface area is 119 Å². The van der Waals surface area contributed by atoms with Crippen molar-refractivity contribution in [3.63, 3.8) is 0 Å². The predicted molar refractivity (Wildman–Crippen MR) is 71.8 cm³/mol. The summed E-state index contributed by atoms with van der Waals surface area (Å²) < 4.78 is 7.49. The minimum Gasteiger partial charge on any atom is -0.387 e. The van der Waals surface area contributed by atoms with Gasteiger partial charge in [0.2, 0.25) is 0 Å². The first-order valence-electron chi connectivity index (χ1n) is 6.75. The van der Waals surface area contributed by atoms with E-state index in [0.717, 1.165) is 0 Å². The number of anilines is 1. The van der Waals surface area contributed by atoms with Crippen LogP contribution in [0, 0.1) is 5.92 Å². The zero-order chi connectivity index (χ0) is 14.8. The molecular weight excluding hydrogens is 276 g/mol. The fourth-order valence-corrected chi connectivity index (χ4v) is 3.20. The minimum absolute atomic E-state index is 0.0571. The molecule has 0 aromatic carbocycles. The van der Waals surface area contributed by atoms with Gasteiger partial charge in [-0.25, -0.2) is 15.0 Å². The lowest BCUT2D eigenvalue weighted by Gasteiger charge is -2.16. The van der Waals surface area contributed by atoms with Gasteiger partial charge in [-0.3, -0.25) is 4.57 Å². The molecule has 4 rings (SSSR count). The summed E-state index contributed by atoms with van der Waals surface area (Å²) in [7, 11) is 0. The standard InChI is InChI=1S/C12H16N6O3/c13-2-5-1-12(5)8(20)7(19)11(21-12)18-4-17-6-9(14)15-3-16-10(6)18/h3-5,7-8,11,19-20H,1-2,13H2,(H2,14,15,16)/t5-,7?,8-,11-,12+/m1/s1. The zero-order valence-corrected chi connectivity index (χ0v) is 11.1. The summed E-state index contributed by atoms with van der Waals surface area (Å²) in [6, 6.07) is 0. The second-order valence-electron chi connectivity index (χ2n) is 5.62. The lowest BCUT2D eigenvalue weighted by molar-refractivity contribution is -0.0526. The van der Waals surface area contributed by atoms with Gasteiger partial charge in [0.15, 0.2) is 17.7 Å². The van der Waals surface area contributed by atoms with Crippen LogP contribution < -0.4 is 11.5 Å². The number of hydrogen-bond acceptors (Lipinski definition) is 8. The topological polar surface area (TPSA) is 145 Å². The Bertz CT molecular complexity index is 705. The Morgan fingerprint density at radius 2 is 2.19 bits per heavy atom. The van der Waals surface area contributed by atoms with E-state index in [-0.39, 0.29) is 11.7 Å². The van der Waals surface area contributed by atoms with E-state index in [2.05, 4.69) is 15.0 Å². The van der Waals surface area contributed by atoms with Gasteiger partial charge in [0.05, 0.1) is 6.33 Å². The van der Waals surface area contributed by atoms with Crippen LogP contribution in [0.5, 0.6) is 0 Å². The maximum Gasteiger partial charge on any atom is 0.167 e. The lowest BCUT2D eigenvalue weighted by atomic mass is 10.1. The second kappa shape index (κ2) is 4.10. The third kappa shape index (κ3) is 1.57. The van der Waals surface area contributed by atoms with Crippen LogP contribution >= 0.6 is 0 Å². The molecule has 1 spiro atoms. The number of aliphatic hydroxyl groups excluding tert-OH is 2. The summed E-state index contributed by atoms with van der Waals surface area (Å²) in [4.78, 5) is 12.1. The largest absolute Gasteiger partial charge is 0.387 e. The second-order valence-corrected chi connectivity index (χ2v) is 5.62. The number of hydrogen-bond donors (Lipinski definition) is 4. The summed E-state index contributed by atoms with van der Waals surface area (Å²) in [5.41, 5.74) is 11.5. The van der Waals surface area contributed by atoms with Crippen LogP contribution in [0.4, 0.5) is 5.82 Å². The van der Waals surface area contributed by atoms with Gasteiger partial charge in [-0.05, 0) is 13.0 Å². The number of nitrogen functional groups attached to an aromatic ring is 1. The minimum atomic E-state index is -1.07. The highest BCUT2D eigenvalue weighted by Gasteiger charge is 2.68. The van der Waals surface area contributed by atoms with Gasteiger partial charge in [0.1, 0.15) is 29.7 Å². The number of rotatable bonds is 2. The third-order valence-corrected chi connectivity index (χ3v) is 4.50. The van der Waals surface area contributed by atoms with Crippen molar-refractivity contribution in [1.29, 1.82) is 0 Å². The molecule has 1 saturated carbocycles. The molecule has 0 radical (unpaired) electrons. The predicted octanol–water partition coefficient (Wildman–Crippen LogP) is -1.62. The molecule has 0 amide bonds. The number of imidazole rings is 1. The molecule has 1 aliphatic carbocycles. The van der Waals surface area contributed by atoms with Crippen molar-refractivity contribution in [2.75, 3.05) is 12.3 Å². The van der Waals surface area contributed by atoms with Crippen molar-refractivity contribution in [2.45, 2.75) is 30.5 Å². The van der Waals surface area contributed by atoms with Gasteiger partial charge in [-0.2, -0.15) is 0 Å². The van der Waals surface area contributed by atoms with Crippen molar-refractivity contribution in [2.24, 2.45) is 11.7 Å². The first-order chi connectivity index (χ1) is 10.1. The Balaban J connectivity index is 1.75. The van der Waals surface area contributed by atoms with Gasteiger partial charge in [-0.15, -0.1) is 0 Å². The van der Waals surface area contributed by atoms with Crippen molar-refractivity contribution < 1.29 is 14.9 Å². The van der Waals surface area contributed by atoms with E-state index in [1.54, 1.807) is 4.57 Å². The van der Waals surface area contributed by atoms with Gasteiger partial charge in [-0.1, -0.05) is 0 Å². The molecule has 3 heterocycles. The Morgan fingerprint density at radius 1 is 1.38 bits per heavy atom. The highest BCUT2D eigenvalue weighted by atomic mass is 16.6. The van der Waals surface area contributed by atoms with Crippen LogP contribution in [-0.2, 0) is 4.74 Å². The molecule has 6 N–H and O–H groups in total. The van der Waals surface area contributed by atoms with Gasteiger partial charge < -0.3 is 26.4 Å². The summed E-state index contributed by atoms with van der Waals surface area (Å²) >= 11 is 0. The van der Waals surface area contributed by atoms with Gasteiger partial charge >= 0.3 is 0 Å². The van der Waals surface area contributed by atoms with Crippen LogP contribution in [0.3, 0.4) is 0 Å². The van der Waals surface area contributed by atoms with E-state index in [1.807, 2.05) is 0 Å². The van der Waals surface area contributed by atoms with Gasteiger partial charge in [0, 0.05) is 5.92 Å². The van der Waals surface area contributed by atoms with Crippen LogP contribution in [0.1, 0.15) is 12.6 Å². The number of ether oxygens (including phenoxy) is 1. The molecule has 0 bridgehead atoms. The summed E-state index contributed by atoms with van der Waals surface area (Å²) in [5, 5.41) is 20.6. The molecule has 2 fully saturated rings. The average molecular weight is 292 g/mol. The highest BCUT2D eigenvalue weighted by Crippen LogP contribution is 2.57. The van der Waals surface area contributed by atoms with E-state index >= 15 is 0 Å². The summed E-state index contributed by atoms with van der Waals surface area (Å²) in [5.74, 6) is 0.314. The van der Waals surface area contributed by atoms with Crippen molar-refractivity contribution in [1.82, 2.24) is 19.5 Å². The Morgan fingerprint density at radius 3 is 2.90 bits per heavy atom. The lowest BCUT2D eigenvalue weighted by Crippen LogP contribution is -2.34. The van der Waals surface area contributed by atoms with E-state index in [1.165, 1.54) is 12.7 Å². The van der Waals surface area contributed by atoms with Crippen molar-refractivity contribution in [3.8, 4) is 0 Å². The molecular formula is C12H16N6O3. The first kappa shape index (κ1) is 12.9. The van der Waals surface area contributed by atoms with Crippen LogP contribution in [0.2, 0.25) is 0 Å². The fraction of sp³-hybridized carbons (Fsp3) is 0.583. The normalized spacial score (nSPS) is 38.4. The molecule has 112 valence electrons. The molecule has 21 heavy (non-hydrogen) atoms. The smallest absolute Gasteiger partial charge is 0.167 e. The maximum absolute atomic E-state index is 10.3.